The van der Waals surface area contributed by atoms with Crippen molar-refractivity contribution in [1.29, 1.82) is 0 Å². The Morgan fingerprint density at radius 1 is 0.773 bits per heavy atom. The molecule has 1 aromatic carbocycles. The second-order valence-electron chi connectivity index (χ2n) is 6.71. The summed E-state index contributed by atoms with van der Waals surface area (Å²) >= 11 is 0. The second kappa shape index (κ2) is 12.6. The van der Waals surface area contributed by atoms with Gasteiger partial charge >= 0.3 is 0 Å². The van der Waals surface area contributed by atoms with Gasteiger partial charge in [-0.1, -0.05) is 82.4 Å². The van der Waals surface area contributed by atoms with Gasteiger partial charge in [0.25, 0.3) is 0 Å². The molecule has 1 unspecified atom stereocenters. The zero-order chi connectivity index (χ0) is 16.0. The van der Waals surface area contributed by atoms with Crippen LogP contribution in [0.1, 0.15) is 90.0 Å². The molecule has 0 radical (unpaired) electrons. The summed E-state index contributed by atoms with van der Waals surface area (Å²) in [5.41, 5.74) is 1.29. The molecule has 1 rings (SSSR count). The Morgan fingerprint density at radius 3 is 1.82 bits per heavy atom. The maximum atomic E-state index is 5.95. The van der Waals surface area contributed by atoms with E-state index < -0.39 is 0 Å². The van der Waals surface area contributed by atoms with Crippen molar-refractivity contribution in [2.24, 2.45) is 0 Å². The van der Waals surface area contributed by atoms with E-state index in [1.165, 1.54) is 76.2 Å². The first-order valence-corrected chi connectivity index (χ1v) is 9.45. The van der Waals surface area contributed by atoms with Gasteiger partial charge in [0, 0.05) is 0 Å². The lowest BCUT2D eigenvalue weighted by Crippen LogP contribution is -2.11. The summed E-state index contributed by atoms with van der Waals surface area (Å²) in [7, 11) is 0. The predicted molar refractivity (Wildman–Crippen MR) is 97.7 cm³/mol. The maximum absolute atomic E-state index is 5.95. The Bertz CT molecular complexity index is 355. The Kier molecular flexibility index (Phi) is 10.9. The van der Waals surface area contributed by atoms with E-state index in [2.05, 4.69) is 45.0 Å². The van der Waals surface area contributed by atoms with E-state index in [0.717, 1.165) is 5.75 Å². The molecule has 0 N–H and O–H groups in total. The van der Waals surface area contributed by atoms with E-state index in [0.29, 0.717) is 6.10 Å². The molecule has 1 aromatic rings. The van der Waals surface area contributed by atoms with E-state index in [1.807, 2.05) is 0 Å². The predicted octanol–water partition coefficient (Wildman–Crippen LogP) is 7.07. The maximum Gasteiger partial charge on any atom is 0.119 e. The SMILES string of the molecule is CCCCCCCCCCCCC(C)Oc1ccc(C)cc1. The van der Waals surface area contributed by atoms with Gasteiger partial charge in [0.2, 0.25) is 0 Å². The van der Waals surface area contributed by atoms with Crippen LogP contribution in [0.2, 0.25) is 0 Å². The van der Waals surface area contributed by atoms with E-state index in [4.69, 9.17) is 4.74 Å². The van der Waals surface area contributed by atoms with Gasteiger partial charge in [0.05, 0.1) is 6.10 Å². The number of aryl methyl sites for hydroxylation is 1. The highest BCUT2D eigenvalue weighted by Crippen LogP contribution is 2.17. The van der Waals surface area contributed by atoms with Crippen LogP contribution in [0.15, 0.2) is 24.3 Å². The third kappa shape index (κ3) is 9.87. The van der Waals surface area contributed by atoms with Crippen LogP contribution in [0.3, 0.4) is 0 Å². The van der Waals surface area contributed by atoms with E-state index in [-0.39, 0.29) is 0 Å². The van der Waals surface area contributed by atoms with Crippen LogP contribution < -0.4 is 4.74 Å². The first-order chi connectivity index (χ1) is 10.7. The highest BCUT2D eigenvalue weighted by molar-refractivity contribution is 5.26. The summed E-state index contributed by atoms with van der Waals surface area (Å²) in [6.45, 7) is 6.58. The Labute approximate surface area is 138 Å². The largest absolute Gasteiger partial charge is 0.491 e. The normalized spacial score (nSPS) is 12.3. The fourth-order valence-corrected chi connectivity index (χ4v) is 2.83. The summed E-state index contributed by atoms with van der Waals surface area (Å²) < 4.78 is 5.95. The van der Waals surface area contributed by atoms with Crippen molar-refractivity contribution < 1.29 is 4.74 Å². The summed E-state index contributed by atoms with van der Waals surface area (Å²) in [4.78, 5) is 0. The van der Waals surface area contributed by atoms with Crippen molar-refractivity contribution in [2.45, 2.75) is 97.5 Å². The standard InChI is InChI=1S/C21H36O/c1-4-5-6-7-8-9-10-11-12-13-14-20(3)22-21-17-15-19(2)16-18-21/h15-18,20H,4-14H2,1-3H3. The third-order valence-corrected chi connectivity index (χ3v) is 4.32. The monoisotopic (exact) mass is 304 g/mol. The third-order valence-electron chi connectivity index (χ3n) is 4.32. The lowest BCUT2D eigenvalue weighted by atomic mass is 10.0. The average Bonchev–Trinajstić information content (AvgIpc) is 2.51. The molecule has 0 aromatic heterocycles. The van der Waals surface area contributed by atoms with Gasteiger partial charge < -0.3 is 4.74 Å². The van der Waals surface area contributed by atoms with Gasteiger partial charge in [-0.2, -0.15) is 0 Å². The first kappa shape index (κ1) is 19.1. The lowest BCUT2D eigenvalue weighted by Gasteiger charge is -2.14. The zero-order valence-corrected chi connectivity index (χ0v) is 15.1. The van der Waals surface area contributed by atoms with Gasteiger partial charge in [0.1, 0.15) is 5.75 Å². The highest BCUT2D eigenvalue weighted by atomic mass is 16.5. The molecule has 0 aliphatic carbocycles. The van der Waals surface area contributed by atoms with Crippen LogP contribution in [0.25, 0.3) is 0 Å². The molecule has 126 valence electrons. The molecule has 0 heterocycles. The molecule has 0 amide bonds. The summed E-state index contributed by atoms with van der Waals surface area (Å²) in [6, 6.07) is 8.37. The van der Waals surface area contributed by atoms with Gasteiger partial charge in [-0.05, 0) is 38.8 Å². The molecule has 0 fully saturated rings. The molecular weight excluding hydrogens is 268 g/mol. The molecule has 0 saturated heterocycles. The number of benzene rings is 1. The van der Waals surface area contributed by atoms with Gasteiger partial charge in [-0.25, -0.2) is 0 Å². The smallest absolute Gasteiger partial charge is 0.119 e. The van der Waals surface area contributed by atoms with E-state index >= 15 is 0 Å². The second-order valence-corrected chi connectivity index (χ2v) is 6.71. The summed E-state index contributed by atoms with van der Waals surface area (Å²) in [5.74, 6) is 1.00. The van der Waals surface area contributed by atoms with Crippen molar-refractivity contribution in [3.63, 3.8) is 0 Å². The summed E-state index contributed by atoms with van der Waals surface area (Å²) in [5, 5.41) is 0. The van der Waals surface area contributed by atoms with Crippen molar-refractivity contribution in [3.8, 4) is 5.75 Å². The van der Waals surface area contributed by atoms with Crippen LogP contribution in [0.4, 0.5) is 0 Å². The molecule has 1 atom stereocenters. The van der Waals surface area contributed by atoms with Crippen LogP contribution >= 0.6 is 0 Å². The quantitative estimate of drug-likeness (QED) is 0.354. The zero-order valence-electron chi connectivity index (χ0n) is 15.1. The minimum atomic E-state index is 0.330. The van der Waals surface area contributed by atoms with Crippen LogP contribution in [0.5, 0.6) is 5.75 Å². The number of hydrogen-bond donors (Lipinski definition) is 0. The molecule has 0 aliphatic heterocycles. The van der Waals surface area contributed by atoms with Gasteiger partial charge in [-0.3, -0.25) is 0 Å². The molecule has 1 nitrogen and oxygen atoms in total. The minimum absolute atomic E-state index is 0.330. The molecule has 0 saturated carbocycles. The van der Waals surface area contributed by atoms with Crippen molar-refractivity contribution >= 4 is 0 Å². The van der Waals surface area contributed by atoms with Crippen molar-refractivity contribution in [2.75, 3.05) is 0 Å². The Morgan fingerprint density at radius 2 is 1.27 bits per heavy atom. The molecule has 1 heteroatoms. The fourth-order valence-electron chi connectivity index (χ4n) is 2.83. The number of hydrogen-bond acceptors (Lipinski definition) is 1. The van der Waals surface area contributed by atoms with Crippen LogP contribution in [-0.2, 0) is 0 Å². The molecular formula is C21H36O. The van der Waals surface area contributed by atoms with Gasteiger partial charge in [-0.15, -0.1) is 0 Å². The molecule has 0 spiro atoms. The Hall–Kier alpha value is -0.980. The van der Waals surface area contributed by atoms with Crippen molar-refractivity contribution in [3.05, 3.63) is 29.8 Å². The van der Waals surface area contributed by atoms with Crippen molar-refractivity contribution in [1.82, 2.24) is 0 Å². The van der Waals surface area contributed by atoms with E-state index in [1.54, 1.807) is 0 Å². The fraction of sp³-hybridized carbons (Fsp3) is 0.714. The highest BCUT2D eigenvalue weighted by Gasteiger charge is 2.03. The molecule has 0 aliphatic rings. The first-order valence-electron chi connectivity index (χ1n) is 9.45. The number of ether oxygens (including phenoxy) is 1. The molecule has 0 bridgehead atoms. The van der Waals surface area contributed by atoms with E-state index in [9.17, 15) is 0 Å². The number of rotatable bonds is 13. The Balaban J connectivity index is 1.92. The molecule has 22 heavy (non-hydrogen) atoms. The number of unbranched alkanes of at least 4 members (excludes halogenated alkanes) is 9. The topological polar surface area (TPSA) is 9.23 Å². The van der Waals surface area contributed by atoms with Crippen LogP contribution in [0, 0.1) is 6.92 Å². The summed E-state index contributed by atoms with van der Waals surface area (Å²) in [6.07, 6.45) is 15.5. The lowest BCUT2D eigenvalue weighted by molar-refractivity contribution is 0.206. The average molecular weight is 305 g/mol. The minimum Gasteiger partial charge on any atom is -0.491 e. The van der Waals surface area contributed by atoms with Gasteiger partial charge in [0.15, 0.2) is 0 Å². The van der Waals surface area contributed by atoms with Crippen LogP contribution in [-0.4, -0.2) is 6.10 Å².